The number of carbonyl (C=O) groups is 1. The largest absolute Gasteiger partial charge is 0.429 e. The van der Waals surface area contributed by atoms with Crippen molar-refractivity contribution >= 4 is 34.9 Å². The summed E-state index contributed by atoms with van der Waals surface area (Å²) in [6.07, 6.45) is 1.97. The molecule has 1 atom stereocenters. The molecule has 0 bridgehead atoms. The summed E-state index contributed by atoms with van der Waals surface area (Å²) >= 11 is 4.92. The van der Waals surface area contributed by atoms with Gasteiger partial charge in [-0.1, -0.05) is 0 Å². The lowest BCUT2D eigenvalue weighted by atomic mass is 10.2. The van der Waals surface area contributed by atoms with Gasteiger partial charge in [-0.15, -0.1) is 0 Å². The Bertz CT molecular complexity index is 687. The first-order chi connectivity index (χ1) is 9.61. The third-order valence-electron chi connectivity index (χ3n) is 3.34. The number of rotatable bonds is 5. The predicted octanol–water partition coefficient (Wildman–Crippen LogP) is 3.24. The fourth-order valence-electron chi connectivity index (χ4n) is 1.91. The summed E-state index contributed by atoms with van der Waals surface area (Å²) < 4.78 is 10.8. The van der Waals surface area contributed by atoms with Crippen molar-refractivity contribution in [3.63, 3.8) is 0 Å². The third-order valence-corrected chi connectivity index (χ3v) is 3.52. The summed E-state index contributed by atoms with van der Waals surface area (Å²) in [6.45, 7) is 2.43. The van der Waals surface area contributed by atoms with Gasteiger partial charge in [0.2, 0.25) is 0 Å². The van der Waals surface area contributed by atoms with E-state index in [4.69, 9.17) is 21.4 Å². The van der Waals surface area contributed by atoms with Crippen molar-refractivity contribution in [2.45, 2.75) is 25.9 Å². The van der Waals surface area contributed by atoms with Crippen LogP contribution in [0.25, 0.3) is 11.1 Å². The van der Waals surface area contributed by atoms with Crippen LogP contribution in [0.5, 0.6) is 0 Å². The highest BCUT2D eigenvalue weighted by atomic mass is 32.1. The average molecular weight is 292 g/mol. The van der Waals surface area contributed by atoms with Crippen LogP contribution in [0.1, 0.15) is 19.8 Å². The number of hydrogen-bond acceptors (Lipinski definition) is 4. The molecule has 1 aliphatic carbocycles. The standard InChI is InChI=1S/C14H16N2O3S/c1-8(18-7-9-2-3-9)13(17)15-10-4-5-11-12(6-10)19-14(20)16-11/h4-6,8-9H,2-3,7H2,1H3,(H,15,17)(H,16,20)/t8-/m1/s1. The molecule has 0 spiro atoms. The molecule has 0 saturated heterocycles. The molecule has 1 aromatic carbocycles. The fourth-order valence-corrected chi connectivity index (χ4v) is 2.11. The topological polar surface area (TPSA) is 67.3 Å². The van der Waals surface area contributed by atoms with Crippen LogP contribution >= 0.6 is 12.2 Å². The highest BCUT2D eigenvalue weighted by molar-refractivity contribution is 7.71. The Hall–Kier alpha value is -1.66. The van der Waals surface area contributed by atoms with Crippen molar-refractivity contribution in [2.24, 2.45) is 5.92 Å². The summed E-state index contributed by atoms with van der Waals surface area (Å²) in [5.41, 5.74) is 2.10. The van der Waals surface area contributed by atoms with Crippen LogP contribution < -0.4 is 5.32 Å². The quantitative estimate of drug-likeness (QED) is 0.830. The van der Waals surface area contributed by atoms with E-state index in [0.717, 1.165) is 5.52 Å². The zero-order valence-corrected chi connectivity index (χ0v) is 12.0. The van der Waals surface area contributed by atoms with Crippen LogP contribution in [0.15, 0.2) is 22.6 Å². The number of aromatic nitrogens is 1. The Balaban J connectivity index is 1.64. The maximum Gasteiger partial charge on any atom is 0.266 e. The first-order valence-corrected chi connectivity index (χ1v) is 7.08. The van der Waals surface area contributed by atoms with Gasteiger partial charge in [-0.2, -0.15) is 0 Å². The number of fused-ring (bicyclic) bond motifs is 1. The number of anilines is 1. The van der Waals surface area contributed by atoms with E-state index in [1.54, 1.807) is 19.1 Å². The number of carbonyl (C=O) groups excluding carboxylic acids is 1. The molecule has 1 amide bonds. The summed E-state index contributed by atoms with van der Waals surface area (Å²) in [5, 5.41) is 2.82. The highest BCUT2D eigenvalue weighted by Crippen LogP contribution is 2.29. The van der Waals surface area contributed by atoms with E-state index in [2.05, 4.69) is 10.3 Å². The number of H-pyrrole nitrogens is 1. The molecule has 1 fully saturated rings. The fraction of sp³-hybridized carbons (Fsp3) is 0.429. The van der Waals surface area contributed by atoms with Crippen molar-refractivity contribution in [3.05, 3.63) is 23.0 Å². The van der Waals surface area contributed by atoms with Crippen LogP contribution in [0, 0.1) is 10.8 Å². The second kappa shape index (κ2) is 5.38. The van der Waals surface area contributed by atoms with Crippen LogP contribution in [0.4, 0.5) is 5.69 Å². The van der Waals surface area contributed by atoms with E-state index in [9.17, 15) is 4.79 Å². The van der Waals surface area contributed by atoms with Crippen LogP contribution in [-0.2, 0) is 9.53 Å². The normalized spacial score (nSPS) is 16.2. The van der Waals surface area contributed by atoms with Gasteiger partial charge in [0, 0.05) is 11.8 Å². The maximum absolute atomic E-state index is 12.0. The molecule has 2 aromatic rings. The zero-order chi connectivity index (χ0) is 14.1. The number of hydrogen-bond donors (Lipinski definition) is 2. The second-order valence-corrected chi connectivity index (χ2v) is 5.50. The SMILES string of the molecule is C[C@@H](OCC1CC1)C(=O)Nc1ccc2[nH]c(=S)oc2c1. The monoisotopic (exact) mass is 292 g/mol. The van der Waals surface area contributed by atoms with Crippen molar-refractivity contribution in [3.8, 4) is 0 Å². The lowest BCUT2D eigenvalue weighted by Crippen LogP contribution is -2.28. The van der Waals surface area contributed by atoms with Gasteiger partial charge < -0.3 is 19.5 Å². The molecule has 1 aliphatic rings. The molecule has 1 saturated carbocycles. The molecule has 0 aliphatic heterocycles. The summed E-state index contributed by atoms with van der Waals surface area (Å²) in [4.78, 5) is 15.2. The van der Waals surface area contributed by atoms with Crippen molar-refractivity contribution < 1.29 is 13.9 Å². The number of benzene rings is 1. The average Bonchev–Trinajstić information content (AvgIpc) is 3.16. The van der Waals surface area contributed by atoms with E-state index in [1.165, 1.54) is 12.8 Å². The maximum atomic E-state index is 12.0. The Morgan fingerprint density at radius 3 is 3.15 bits per heavy atom. The van der Waals surface area contributed by atoms with Crippen LogP contribution in [0.2, 0.25) is 0 Å². The molecule has 3 rings (SSSR count). The minimum absolute atomic E-state index is 0.154. The Morgan fingerprint density at radius 2 is 2.40 bits per heavy atom. The predicted molar refractivity (Wildman–Crippen MR) is 78.2 cm³/mol. The lowest BCUT2D eigenvalue weighted by Gasteiger charge is -2.13. The number of nitrogens with one attached hydrogen (secondary N) is 2. The van der Waals surface area contributed by atoms with E-state index >= 15 is 0 Å². The van der Waals surface area contributed by atoms with Crippen molar-refractivity contribution in [1.82, 2.24) is 4.98 Å². The van der Waals surface area contributed by atoms with Crippen LogP contribution in [-0.4, -0.2) is 23.6 Å². The minimum Gasteiger partial charge on any atom is -0.429 e. The van der Waals surface area contributed by atoms with Gasteiger partial charge in [-0.25, -0.2) is 0 Å². The first kappa shape index (κ1) is 13.3. The van der Waals surface area contributed by atoms with E-state index in [-0.39, 0.29) is 5.91 Å². The molecule has 0 unspecified atom stereocenters. The smallest absolute Gasteiger partial charge is 0.266 e. The van der Waals surface area contributed by atoms with E-state index in [1.807, 2.05) is 6.07 Å². The Morgan fingerprint density at radius 1 is 1.60 bits per heavy atom. The molecule has 1 heterocycles. The minimum atomic E-state index is -0.455. The Labute approximate surface area is 121 Å². The highest BCUT2D eigenvalue weighted by Gasteiger charge is 2.24. The van der Waals surface area contributed by atoms with Gasteiger partial charge in [-0.3, -0.25) is 4.79 Å². The second-order valence-electron chi connectivity index (χ2n) is 5.13. The zero-order valence-electron chi connectivity index (χ0n) is 11.1. The number of amides is 1. The van der Waals surface area contributed by atoms with Gasteiger partial charge in [0.1, 0.15) is 6.10 Å². The van der Waals surface area contributed by atoms with Gasteiger partial charge >= 0.3 is 0 Å². The van der Waals surface area contributed by atoms with Gasteiger partial charge in [0.05, 0.1) is 12.1 Å². The molecule has 0 radical (unpaired) electrons. The van der Waals surface area contributed by atoms with Crippen molar-refractivity contribution in [2.75, 3.05) is 11.9 Å². The van der Waals surface area contributed by atoms with Gasteiger partial charge in [0.15, 0.2) is 5.58 Å². The van der Waals surface area contributed by atoms with E-state index < -0.39 is 6.10 Å². The molecule has 5 nitrogen and oxygen atoms in total. The third kappa shape index (κ3) is 3.08. The molecule has 6 heteroatoms. The first-order valence-electron chi connectivity index (χ1n) is 6.67. The summed E-state index contributed by atoms with van der Waals surface area (Å²) in [7, 11) is 0. The summed E-state index contributed by atoms with van der Waals surface area (Å²) in [5.74, 6) is 0.491. The molecule has 2 N–H and O–H groups in total. The molecule has 20 heavy (non-hydrogen) atoms. The molecule has 1 aromatic heterocycles. The number of oxazole rings is 1. The van der Waals surface area contributed by atoms with Gasteiger partial charge in [0.25, 0.3) is 10.7 Å². The molecular weight excluding hydrogens is 276 g/mol. The Kier molecular flexibility index (Phi) is 3.58. The molecule has 106 valence electrons. The number of aromatic amines is 1. The van der Waals surface area contributed by atoms with Gasteiger partial charge in [-0.05, 0) is 50.0 Å². The summed E-state index contributed by atoms with van der Waals surface area (Å²) in [6, 6.07) is 5.36. The van der Waals surface area contributed by atoms with E-state index in [0.29, 0.717) is 28.6 Å². The molecular formula is C14H16N2O3S. The number of ether oxygens (including phenoxy) is 1. The van der Waals surface area contributed by atoms with Crippen LogP contribution in [0.3, 0.4) is 0 Å². The lowest BCUT2D eigenvalue weighted by molar-refractivity contribution is -0.126. The van der Waals surface area contributed by atoms with Crippen molar-refractivity contribution in [1.29, 1.82) is 0 Å².